The number of fused-ring (bicyclic) bond motifs is 1. The van der Waals surface area contributed by atoms with Gasteiger partial charge in [-0.25, -0.2) is 0 Å². The van der Waals surface area contributed by atoms with Gasteiger partial charge in [0, 0.05) is 24.6 Å². The number of benzene rings is 1. The van der Waals surface area contributed by atoms with Gasteiger partial charge in [0.2, 0.25) is 0 Å². The fourth-order valence-electron chi connectivity index (χ4n) is 2.08. The Balaban J connectivity index is 2.16. The first-order chi connectivity index (χ1) is 9.60. The van der Waals surface area contributed by atoms with Crippen LogP contribution in [0.4, 0.5) is 5.69 Å². The molecule has 1 amide bonds. The van der Waals surface area contributed by atoms with Crippen molar-refractivity contribution in [1.82, 2.24) is 4.57 Å². The zero-order valence-electron chi connectivity index (χ0n) is 10.9. The van der Waals surface area contributed by atoms with E-state index in [4.69, 9.17) is 0 Å². The predicted octanol–water partition coefficient (Wildman–Crippen LogP) is 2.47. The van der Waals surface area contributed by atoms with Gasteiger partial charge in [-0.3, -0.25) is 14.9 Å². The smallest absolute Gasteiger partial charge is 0.270 e. The molecule has 1 saturated carbocycles. The molecule has 1 heterocycles. The van der Waals surface area contributed by atoms with E-state index in [1.807, 2.05) is 11.5 Å². The number of non-ortho nitro benzene ring substituents is 1. The first-order valence-electron chi connectivity index (χ1n) is 6.46. The molecule has 0 spiro atoms. The molecule has 7 heteroatoms. The van der Waals surface area contributed by atoms with Gasteiger partial charge in [-0.05, 0) is 25.8 Å². The van der Waals surface area contributed by atoms with Gasteiger partial charge in [-0.1, -0.05) is 11.3 Å². The number of carbonyl (C=O) groups excluding carboxylic acids is 1. The summed E-state index contributed by atoms with van der Waals surface area (Å²) in [5.74, 6) is 0.00751. The minimum Gasteiger partial charge on any atom is -0.317 e. The Morgan fingerprint density at radius 2 is 2.30 bits per heavy atom. The molecule has 1 aromatic carbocycles. The molecule has 2 aromatic rings. The van der Waals surface area contributed by atoms with Gasteiger partial charge in [-0.2, -0.15) is 4.99 Å². The molecule has 3 rings (SSSR count). The lowest BCUT2D eigenvalue weighted by atomic mass is 10.3. The van der Waals surface area contributed by atoms with Crippen LogP contribution >= 0.6 is 11.3 Å². The molecular formula is C13H13N3O3S. The third-order valence-corrected chi connectivity index (χ3v) is 4.37. The maximum Gasteiger partial charge on any atom is 0.270 e. The number of hydrogen-bond acceptors (Lipinski definition) is 4. The summed E-state index contributed by atoms with van der Waals surface area (Å²) in [5.41, 5.74) is 0.938. The molecule has 1 aliphatic carbocycles. The standard InChI is InChI=1S/C13H13N3O3S/c1-2-15-10-6-5-9(16(18)19)7-11(10)20-13(15)14-12(17)8-3-4-8/h5-8H,2-4H2,1H3. The predicted molar refractivity (Wildman–Crippen MR) is 75.4 cm³/mol. The summed E-state index contributed by atoms with van der Waals surface area (Å²) in [4.78, 5) is 27.0. The average Bonchev–Trinajstić information content (AvgIpc) is 3.20. The molecule has 0 aliphatic heterocycles. The summed E-state index contributed by atoms with van der Waals surface area (Å²) in [6.45, 7) is 2.64. The number of aromatic nitrogens is 1. The quantitative estimate of drug-likeness (QED) is 0.643. The molecule has 1 aromatic heterocycles. The minimum absolute atomic E-state index is 0.0575. The van der Waals surface area contributed by atoms with E-state index in [0.717, 1.165) is 23.1 Å². The second-order valence-electron chi connectivity index (χ2n) is 4.76. The van der Waals surface area contributed by atoms with Crippen LogP contribution < -0.4 is 4.80 Å². The number of nitrogens with zero attached hydrogens (tertiary/aromatic N) is 3. The van der Waals surface area contributed by atoms with E-state index in [9.17, 15) is 14.9 Å². The summed E-state index contributed by atoms with van der Waals surface area (Å²) in [6, 6.07) is 4.73. The van der Waals surface area contributed by atoms with Crippen molar-refractivity contribution in [2.24, 2.45) is 10.9 Å². The molecule has 0 atom stereocenters. The van der Waals surface area contributed by atoms with Gasteiger partial charge in [0.05, 0.1) is 15.1 Å². The molecule has 1 aliphatic rings. The summed E-state index contributed by atoms with van der Waals surface area (Å²) < 4.78 is 2.70. The van der Waals surface area contributed by atoms with Crippen LogP contribution in [0.15, 0.2) is 23.2 Å². The number of rotatable bonds is 3. The van der Waals surface area contributed by atoms with Crippen LogP contribution in [0.25, 0.3) is 10.2 Å². The zero-order valence-corrected chi connectivity index (χ0v) is 11.7. The zero-order chi connectivity index (χ0) is 14.3. The number of amides is 1. The van der Waals surface area contributed by atoms with Gasteiger partial charge < -0.3 is 4.57 Å². The van der Waals surface area contributed by atoms with E-state index in [1.54, 1.807) is 6.07 Å². The Hall–Kier alpha value is -2.02. The lowest BCUT2D eigenvalue weighted by molar-refractivity contribution is -0.384. The summed E-state index contributed by atoms with van der Waals surface area (Å²) in [5, 5.41) is 10.8. The topological polar surface area (TPSA) is 77.5 Å². The van der Waals surface area contributed by atoms with Crippen LogP contribution in [0, 0.1) is 16.0 Å². The van der Waals surface area contributed by atoms with E-state index >= 15 is 0 Å². The molecule has 1 fully saturated rings. The monoisotopic (exact) mass is 291 g/mol. The first kappa shape index (κ1) is 13.0. The molecule has 104 valence electrons. The Morgan fingerprint density at radius 1 is 1.55 bits per heavy atom. The number of thiazole rings is 1. The Bertz CT molecular complexity index is 771. The number of nitro groups is 1. The van der Waals surface area contributed by atoms with Gasteiger partial charge in [0.15, 0.2) is 4.80 Å². The van der Waals surface area contributed by atoms with Gasteiger partial charge in [0.1, 0.15) is 0 Å². The maximum absolute atomic E-state index is 11.8. The SMILES string of the molecule is CCn1c(=NC(=O)C2CC2)sc2cc([N+](=O)[O-])ccc21. The largest absolute Gasteiger partial charge is 0.317 e. The normalized spacial score (nSPS) is 15.8. The lowest BCUT2D eigenvalue weighted by Gasteiger charge is -1.99. The fourth-order valence-corrected chi connectivity index (χ4v) is 3.21. The van der Waals surface area contributed by atoms with E-state index in [2.05, 4.69) is 4.99 Å². The van der Waals surface area contributed by atoms with Crippen LogP contribution in [0.2, 0.25) is 0 Å². The van der Waals surface area contributed by atoms with Crippen LogP contribution in [0.5, 0.6) is 0 Å². The van der Waals surface area contributed by atoms with E-state index in [0.29, 0.717) is 11.3 Å². The van der Waals surface area contributed by atoms with Crippen molar-refractivity contribution in [2.75, 3.05) is 0 Å². The molecule has 0 radical (unpaired) electrons. The maximum atomic E-state index is 11.8. The summed E-state index contributed by atoms with van der Waals surface area (Å²) in [6.07, 6.45) is 1.84. The van der Waals surface area contributed by atoms with Crippen molar-refractivity contribution in [2.45, 2.75) is 26.3 Å². The number of aryl methyl sites for hydroxylation is 1. The number of hydrogen-bond donors (Lipinski definition) is 0. The minimum atomic E-state index is -0.415. The van der Waals surface area contributed by atoms with Crippen molar-refractivity contribution >= 4 is 33.1 Å². The van der Waals surface area contributed by atoms with Gasteiger partial charge in [-0.15, -0.1) is 0 Å². The highest BCUT2D eigenvalue weighted by atomic mass is 32.1. The highest BCUT2D eigenvalue weighted by Gasteiger charge is 2.29. The van der Waals surface area contributed by atoms with E-state index < -0.39 is 4.92 Å². The van der Waals surface area contributed by atoms with Gasteiger partial charge in [0.25, 0.3) is 11.6 Å². The molecule has 0 unspecified atom stereocenters. The molecular weight excluding hydrogens is 278 g/mol. The second-order valence-corrected chi connectivity index (χ2v) is 5.77. The van der Waals surface area contributed by atoms with Crippen molar-refractivity contribution < 1.29 is 9.72 Å². The molecule has 0 N–H and O–H groups in total. The Morgan fingerprint density at radius 3 is 2.90 bits per heavy atom. The molecule has 20 heavy (non-hydrogen) atoms. The van der Waals surface area contributed by atoms with Crippen molar-refractivity contribution in [1.29, 1.82) is 0 Å². The highest BCUT2D eigenvalue weighted by molar-refractivity contribution is 7.16. The molecule has 6 nitrogen and oxygen atoms in total. The van der Waals surface area contributed by atoms with Crippen molar-refractivity contribution in [3.05, 3.63) is 33.1 Å². The Kier molecular flexibility index (Phi) is 3.13. The van der Waals surface area contributed by atoms with E-state index in [-0.39, 0.29) is 17.5 Å². The first-order valence-corrected chi connectivity index (χ1v) is 7.28. The van der Waals surface area contributed by atoms with Crippen molar-refractivity contribution in [3.8, 4) is 0 Å². The Labute approximate surface area is 118 Å². The fraction of sp³-hybridized carbons (Fsp3) is 0.385. The number of nitro benzene ring substituents is 1. The van der Waals surface area contributed by atoms with Crippen LogP contribution in [-0.2, 0) is 11.3 Å². The summed E-state index contributed by atoms with van der Waals surface area (Å²) in [7, 11) is 0. The second kappa shape index (κ2) is 4.82. The lowest BCUT2D eigenvalue weighted by Crippen LogP contribution is -2.16. The van der Waals surface area contributed by atoms with Crippen LogP contribution in [-0.4, -0.2) is 15.4 Å². The average molecular weight is 291 g/mol. The third kappa shape index (κ3) is 2.24. The molecule has 0 bridgehead atoms. The highest BCUT2D eigenvalue weighted by Crippen LogP contribution is 2.30. The van der Waals surface area contributed by atoms with E-state index in [1.165, 1.54) is 23.5 Å². The van der Waals surface area contributed by atoms with Crippen molar-refractivity contribution in [3.63, 3.8) is 0 Å². The van der Waals surface area contributed by atoms with Crippen LogP contribution in [0.1, 0.15) is 19.8 Å². The third-order valence-electron chi connectivity index (χ3n) is 3.33. The molecule has 0 saturated heterocycles. The summed E-state index contributed by atoms with van der Waals surface area (Å²) >= 11 is 1.32. The van der Waals surface area contributed by atoms with Crippen LogP contribution in [0.3, 0.4) is 0 Å². The number of carbonyl (C=O) groups is 1. The van der Waals surface area contributed by atoms with Gasteiger partial charge >= 0.3 is 0 Å².